The second-order valence-electron chi connectivity index (χ2n) is 7.26. The van der Waals surface area contributed by atoms with E-state index in [-0.39, 0.29) is 19.4 Å². The van der Waals surface area contributed by atoms with Crippen molar-refractivity contribution in [3.05, 3.63) is 0 Å². The van der Waals surface area contributed by atoms with Crippen molar-refractivity contribution in [3.8, 4) is 0 Å². The molecule has 12 nitrogen and oxygen atoms in total. The largest absolute Gasteiger partial charge is 0.480 e. The average Bonchev–Trinajstić information content (AvgIpc) is 3.18. The molecule has 12 heteroatoms. The van der Waals surface area contributed by atoms with E-state index >= 15 is 0 Å². The van der Waals surface area contributed by atoms with Crippen molar-refractivity contribution in [3.63, 3.8) is 0 Å². The summed E-state index contributed by atoms with van der Waals surface area (Å²) in [6.45, 7) is 0.516. The Bertz CT molecular complexity index is 643. The van der Waals surface area contributed by atoms with E-state index in [1.54, 1.807) is 0 Å². The zero-order valence-electron chi connectivity index (χ0n) is 17.0. The Morgan fingerprint density at radius 1 is 1.13 bits per heavy atom. The van der Waals surface area contributed by atoms with Gasteiger partial charge in [-0.25, -0.2) is 4.79 Å². The molecular weight excluding hydrogens is 396 g/mol. The highest BCUT2D eigenvalue weighted by molar-refractivity contribution is 5.93. The molecule has 3 atom stereocenters. The normalized spacial score (nSPS) is 17.8. The third-order valence-corrected chi connectivity index (χ3v) is 4.89. The fraction of sp³-hybridized carbons (Fsp3) is 0.722. The Hall–Kier alpha value is -2.73. The Morgan fingerprint density at radius 2 is 1.83 bits per heavy atom. The molecule has 1 aliphatic heterocycles. The lowest BCUT2D eigenvalue weighted by Crippen LogP contribution is -2.53. The van der Waals surface area contributed by atoms with Gasteiger partial charge in [0.1, 0.15) is 12.1 Å². The van der Waals surface area contributed by atoms with Crippen LogP contribution in [0.2, 0.25) is 0 Å². The summed E-state index contributed by atoms with van der Waals surface area (Å²) in [5.74, 6) is -3.51. The molecule has 9 N–H and O–H groups in total. The lowest BCUT2D eigenvalue weighted by atomic mass is 10.1. The molecule has 1 heterocycles. The molecule has 0 saturated carbocycles. The zero-order chi connectivity index (χ0) is 22.7. The van der Waals surface area contributed by atoms with E-state index in [1.807, 2.05) is 0 Å². The molecule has 0 aromatic carbocycles. The predicted molar refractivity (Wildman–Crippen MR) is 107 cm³/mol. The third-order valence-electron chi connectivity index (χ3n) is 4.89. The number of carbonyl (C=O) groups excluding carboxylic acids is 4. The molecule has 1 saturated heterocycles. The van der Waals surface area contributed by atoms with E-state index in [9.17, 15) is 29.1 Å². The second kappa shape index (κ2) is 12.8. The molecule has 1 fully saturated rings. The molecule has 0 bridgehead atoms. The maximum absolute atomic E-state index is 12.5. The van der Waals surface area contributed by atoms with Gasteiger partial charge in [0.05, 0.1) is 12.6 Å². The molecule has 3 unspecified atom stereocenters. The molecule has 0 aliphatic carbocycles. The van der Waals surface area contributed by atoms with Gasteiger partial charge >= 0.3 is 5.97 Å². The third kappa shape index (κ3) is 8.33. The minimum Gasteiger partial charge on any atom is -0.480 e. The van der Waals surface area contributed by atoms with Crippen molar-refractivity contribution in [2.75, 3.05) is 19.6 Å². The van der Waals surface area contributed by atoms with E-state index in [2.05, 4.69) is 10.6 Å². The zero-order valence-corrected chi connectivity index (χ0v) is 17.0. The molecule has 30 heavy (non-hydrogen) atoms. The first-order valence-corrected chi connectivity index (χ1v) is 10.0. The summed E-state index contributed by atoms with van der Waals surface area (Å²) in [6, 6.07) is -2.87. The number of nitrogens with zero attached hydrogens (tertiary/aromatic N) is 1. The van der Waals surface area contributed by atoms with E-state index in [0.717, 1.165) is 6.42 Å². The van der Waals surface area contributed by atoms with Crippen molar-refractivity contribution < 1.29 is 29.1 Å². The van der Waals surface area contributed by atoms with Crippen molar-refractivity contribution in [2.24, 2.45) is 17.2 Å². The Kier molecular flexibility index (Phi) is 10.8. The van der Waals surface area contributed by atoms with Crippen LogP contribution in [0.15, 0.2) is 0 Å². The topological polar surface area (TPSA) is 211 Å². The highest BCUT2D eigenvalue weighted by Gasteiger charge is 2.35. The number of primary amides is 1. The molecule has 0 spiro atoms. The highest BCUT2D eigenvalue weighted by atomic mass is 16.4. The molecule has 0 radical (unpaired) electrons. The van der Waals surface area contributed by atoms with Crippen molar-refractivity contribution in [2.45, 2.75) is 63.1 Å². The first-order valence-electron chi connectivity index (χ1n) is 10.0. The highest BCUT2D eigenvalue weighted by Crippen LogP contribution is 2.18. The molecule has 0 aromatic heterocycles. The van der Waals surface area contributed by atoms with Crippen LogP contribution in [0, 0.1) is 0 Å². The number of rotatable bonds is 13. The fourth-order valence-electron chi connectivity index (χ4n) is 3.18. The smallest absolute Gasteiger partial charge is 0.326 e. The molecule has 0 aromatic rings. The van der Waals surface area contributed by atoms with E-state index in [4.69, 9.17) is 17.2 Å². The number of amides is 4. The summed E-state index contributed by atoms with van der Waals surface area (Å²) >= 11 is 0. The number of hydrogen-bond acceptors (Lipinski definition) is 7. The van der Waals surface area contributed by atoms with Gasteiger partial charge in [-0.2, -0.15) is 0 Å². The van der Waals surface area contributed by atoms with Gasteiger partial charge < -0.3 is 37.8 Å². The average molecular weight is 428 g/mol. The van der Waals surface area contributed by atoms with Gasteiger partial charge in [0, 0.05) is 13.0 Å². The summed E-state index contributed by atoms with van der Waals surface area (Å²) in [5.41, 5.74) is 16.2. The van der Waals surface area contributed by atoms with Gasteiger partial charge in [-0.05, 0) is 38.6 Å². The van der Waals surface area contributed by atoms with Crippen LogP contribution in [0.5, 0.6) is 0 Å². The van der Waals surface area contributed by atoms with Crippen LogP contribution in [-0.2, 0) is 24.0 Å². The van der Waals surface area contributed by atoms with Gasteiger partial charge in [-0.3, -0.25) is 19.2 Å². The first kappa shape index (κ1) is 25.3. The van der Waals surface area contributed by atoms with Crippen LogP contribution in [0.4, 0.5) is 0 Å². The van der Waals surface area contributed by atoms with E-state index in [0.29, 0.717) is 38.8 Å². The van der Waals surface area contributed by atoms with Crippen LogP contribution < -0.4 is 27.8 Å². The number of likely N-dealkylation sites (tertiary alicyclic amines) is 1. The number of aliphatic carboxylic acids is 1. The van der Waals surface area contributed by atoms with Crippen LogP contribution in [-0.4, -0.2) is 77.4 Å². The fourth-order valence-corrected chi connectivity index (χ4v) is 3.18. The van der Waals surface area contributed by atoms with E-state index in [1.165, 1.54) is 4.90 Å². The van der Waals surface area contributed by atoms with Gasteiger partial charge in [0.2, 0.25) is 23.6 Å². The SMILES string of the molecule is NCCCCC(N)C(=O)NCC(=O)N1CCCC1C(=O)NC(CCC(N)=O)C(=O)O. The summed E-state index contributed by atoms with van der Waals surface area (Å²) in [4.78, 5) is 60.5. The first-order chi connectivity index (χ1) is 14.2. The second-order valence-corrected chi connectivity index (χ2v) is 7.26. The summed E-state index contributed by atoms with van der Waals surface area (Å²) in [6.07, 6.45) is 2.50. The van der Waals surface area contributed by atoms with Gasteiger partial charge in [0.25, 0.3) is 0 Å². The maximum Gasteiger partial charge on any atom is 0.326 e. The molecular formula is C18H32N6O6. The van der Waals surface area contributed by atoms with Gasteiger partial charge in [0.15, 0.2) is 0 Å². The number of carboxylic acids is 1. The standard InChI is InChI=1S/C18H32N6O6/c19-8-2-1-4-11(20)16(27)22-10-15(26)24-9-3-5-13(24)17(28)23-12(18(29)30)6-7-14(21)25/h11-13H,1-10,19-20H2,(H2,21,25)(H,22,27)(H,23,28)(H,29,30). The van der Waals surface area contributed by atoms with E-state index < -0.39 is 47.7 Å². The van der Waals surface area contributed by atoms with Crippen LogP contribution in [0.25, 0.3) is 0 Å². The summed E-state index contributed by atoms with van der Waals surface area (Å²) in [7, 11) is 0. The monoisotopic (exact) mass is 428 g/mol. The molecule has 4 amide bonds. The van der Waals surface area contributed by atoms with Crippen molar-refractivity contribution in [1.82, 2.24) is 15.5 Å². The van der Waals surface area contributed by atoms with Crippen molar-refractivity contribution in [1.29, 1.82) is 0 Å². The minimum absolute atomic E-state index is 0.144. The molecule has 1 aliphatic rings. The van der Waals surface area contributed by atoms with Gasteiger partial charge in [-0.1, -0.05) is 6.42 Å². The van der Waals surface area contributed by atoms with Crippen LogP contribution in [0.3, 0.4) is 0 Å². The number of nitrogens with one attached hydrogen (secondary N) is 2. The Balaban J connectivity index is 2.57. The summed E-state index contributed by atoms with van der Waals surface area (Å²) in [5, 5.41) is 14.0. The molecule has 170 valence electrons. The minimum atomic E-state index is -1.30. The predicted octanol–water partition coefficient (Wildman–Crippen LogP) is -2.62. The number of hydrogen-bond donors (Lipinski definition) is 6. The number of carboxylic acid groups (broad SMARTS) is 1. The quantitative estimate of drug-likeness (QED) is 0.171. The lowest BCUT2D eigenvalue weighted by Gasteiger charge is -2.26. The number of unbranched alkanes of at least 4 members (excludes halogenated alkanes) is 1. The number of nitrogens with two attached hydrogens (primary N) is 3. The maximum atomic E-state index is 12.5. The Labute approximate surface area is 174 Å². The number of carbonyl (C=O) groups is 5. The lowest BCUT2D eigenvalue weighted by molar-refractivity contribution is -0.144. The van der Waals surface area contributed by atoms with Gasteiger partial charge in [-0.15, -0.1) is 0 Å². The Morgan fingerprint density at radius 3 is 2.43 bits per heavy atom. The van der Waals surface area contributed by atoms with Crippen LogP contribution >= 0.6 is 0 Å². The summed E-state index contributed by atoms with van der Waals surface area (Å²) < 4.78 is 0. The van der Waals surface area contributed by atoms with Crippen LogP contribution in [0.1, 0.15) is 44.9 Å². The molecule has 1 rings (SSSR count). The van der Waals surface area contributed by atoms with Crippen molar-refractivity contribution >= 4 is 29.6 Å².